The van der Waals surface area contributed by atoms with Gasteiger partial charge in [0.1, 0.15) is 5.82 Å². The lowest BCUT2D eigenvalue weighted by molar-refractivity contribution is -0.386. The van der Waals surface area contributed by atoms with E-state index in [9.17, 15) is 10.1 Å². The minimum Gasteiger partial charge on any atom is -0.473 e. The average Bonchev–Trinajstić information content (AvgIpc) is 2.27. The third-order valence-corrected chi connectivity index (χ3v) is 2.49. The van der Waals surface area contributed by atoms with Crippen molar-refractivity contribution in [1.29, 1.82) is 0 Å². The number of nitrogens with zero attached hydrogens (tertiary/aromatic N) is 2. The molecular formula is C13H21N3O3. The Labute approximate surface area is 113 Å². The summed E-state index contributed by atoms with van der Waals surface area (Å²) in [5.74, 6) is 0.659. The van der Waals surface area contributed by atoms with E-state index in [2.05, 4.69) is 31.1 Å². The summed E-state index contributed by atoms with van der Waals surface area (Å²) in [6, 6.07) is 3.00. The zero-order valence-corrected chi connectivity index (χ0v) is 11.9. The largest absolute Gasteiger partial charge is 0.473 e. The van der Waals surface area contributed by atoms with Gasteiger partial charge in [-0.2, -0.15) is 4.98 Å². The van der Waals surface area contributed by atoms with Crippen LogP contribution in [0.1, 0.15) is 34.1 Å². The first kappa shape index (κ1) is 15.2. The maximum atomic E-state index is 10.9. The molecule has 0 saturated heterocycles. The van der Waals surface area contributed by atoms with Crippen LogP contribution in [0, 0.1) is 15.5 Å². The van der Waals surface area contributed by atoms with E-state index in [1.54, 1.807) is 6.07 Å². The topological polar surface area (TPSA) is 77.3 Å². The maximum Gasteiger partial charge on any atom is 0.331 e. The van der Waals surface area contributed by atoms with Gasteiger partial charge in [0.05, 0.1) is 11.5 Å². The Balaban J connectivity index is 2.82. The molecule has 1 aromatic rings. The Morgan fingerprint density at radius 2 is 2.11 bits per heavy atom. The monoisotopic (exact) mass is 267 g/mol. The number of rotatable bonds is 6. The molecule has 0 aromatic carbocycles. The average molecular weight is 267 g/mol. The highest BCUT2D eigenvalue weighted by atomic mass is 16.6. The van der Waals surface area contributed by atoms with Crippen LogP contribution in [0.15, 0.2) is 12.1 Å². The molecule has 106 valence electrons. The molecule has 1 rings (SSSR count). The molecule has 0 spiro atoms. The number of hydrogen-bond acceptors (Lipinski definition) is 5. The number of anilines is 1. The van der Waals surface area contributed by atoms with Crippen molar-refractivity contribution in [1.82, 2.24) is 4.98 Å². The van der Waals surface area contributed by atoms with E-state index in [-0.39, 0.29) is 17.0 Å². The molecule has 1 heterocycles. The van der Waals surface area contributed by atoms with Crippen LogP contribution in [0.3, 0.4) is 0 Å². The van der Waals surface area contributed by atoms with E-state index < -0.39 is 4.92 Å². The van der Waals surface area contributed by atoms with Gasteiger partial charge in [0.2, 0.25) is 0 Å². The van der Waals surface area contributed by atoms with Gasteiger partial charge in [-0.05, 0) is 24.8 Å². The molecule has 0 aliphatic heterocycles. The van der Waals surface area contributed by atoms with Gasteiger partial charge in [0.15, 0.2) is 0 Å². The van der Waals surface area contributed by atoms with E-state index >= 15 is 0 Å². The molecular weight excluding hydrogens is 246 g/mol. The Kier molecular flexibility index (Phi) is 5.09. The van der Waals surface area contributed by atoms with Crippen LogP contribution in [0.2, 0.25) is 0 Å². The van der Waals surface area contributed by atoms with Crippen molar-refractivity contribution in [2.75, 3.05) is 18.5 Å². The zero-order valence-electron chi connectivity index (χ0n) is 11.9. The Hall–Kier alpha value is -1.85. The first-order valence-corrected chi connectivity index (χ1v) is 6.35. The molecule has 0 aliphatic carbocycles. The minimum absolute atomic E-state index is 0.0766. The van der Waals surface area contributed by atoms with Crippen LogP contribution in [-0.4, -0.2) is 23.1 Å². The SMILES string of the molecule is CCNc1ccc([N+](=O)[O-])c(OCCC(C)(C)C)n1. The number of nitro groups is 1. The van der Waals surface area contributed by atoms with Crippen LogP contribution < -0.4 is 10.1 Å². The van der Waals surface area contributed by atoms with E-state index in [0.717, 1.165) is 6.42 Å². The molecule has 19 heavy (non-hydrogen) atoms. The molecule has 0 amide bonds. The highest BCUT2D eigenvalue weighted by Crippen LogP contribution is 2.27. The highest BCUT2D eigenvalue weighted by Gasteiger charge is 2.18. The predicted molar refractivity (Wildman–Crippen MR) is 74.6 cm³/mol. The first-order chi connectivity index (χ1) is 8.83. The first-order valence-electron chi connectivity index (χ1n) is 6.35. The summed E-state index contributed by atoms with van der Waals surface area (Å²) in [7, 11) is 0. The fourth-order valence-electron chi connectivity index (χ4n) is 1.41. The zero-order chi connectivity index (χ0) is 14.5. The van der Waals surface area contributed by atoms with Crippen LogP contribution in [-0.2, 0) is 0 Å². The second-order valence-electron chi connectivity index (χ2n) is 5.47. The third-order valence-electron chi connectivity index (χ3n) is 2.49. The van der Waals surface area contributed by atoms with Crippen LogP contribution in [0.25, 0.3) is 0 Å². The molecule has 6 heteroatoms. The molecule has 0 aliphatic rings. The van der Waals surface area contributed by atoms with Gasteiger partial charge in [-0.3, -0.25) is 10.1 Å². The fraction of sp³-hybridized carbons (Fsp3) is 0.615. The quantitative estimate of drug-likeness (QED) is 0.632. The Morgan fingerprint density at radius 1 is 1.42 bits per heavy atom. The second-order valence-corrected chi connectivity index (χ2v) is 5.47. The fourth-order valence-corrected chi connectivity index (χ4v) is 1.41. The summed E-state index contributed by atoms with van der Waals surface area (Å²) in [6.45, 7) is 9.32. The lowest BCUT2D eigenvalue weighted by atomic mass is 9.93. The van der Waals surface area contributed by atoms with Crippen molar-refractivity contribution in [3.63, 3.8) is 0 Å². The van der Waals surface area contributed by atoms with Gasteiger partial charge in [-0.1, -0.05) is 20.8 Å². The molecule has 0 fully saturated rings. The van der Waals surface area contributed by atoms with Gasteiger partial charge in [0.25, 0.3) is 5.88 Å². The van der Waals surface area contributed by atoms with Gasteiger partial charge >= 0.3 is 5.69 Å². The summed E-state index contributed by atoms with van der Waals surface area (Å²) in [4.78, 5) is 14.6. The van der Waals surface area contributed by atoms with Gasteiger partial charge < -0.3 is 10.1 Å². The molecule has 6 nitrogen and oxygen atoms in total. The minimum atomic E-state index is -0.477. The molecule has 1 aromatic heterocycles. The van der Waals surface area contributed by atoms with Crippen molar-refractivity contribution in [2.45, 2.75) is 34.1 Å². The number of hydrogen-bond donors (Lipinski definition) is 1. The third kappa shape index (κ3) is 5.11. The summed E-state index contributed by atoms with van der Waals surface area (Å²) in [5.41, 5.74) is 0.0178. The number of ether oxygens (including phenoxy) is 1. The number of nitrogens with one attached hydrogen (secondary N) is 1. The molecule has 0 atom stereocenters. The molecule has 0 bridgehead atoms. The van der Waals surface area contributed by atoms with Crippen molar-refractivity contribution in [3.05, 3.63) is 22.2 Å². The van der Waals surface area contributed by atoms with Crippen LogP contribution >= 0.6 is 0 Å². The predicted octanol–water partition coefficient (Wildman–Crippen LogP) is 3.24. The van der Waals surface area contributed by atoms with Crippen molar-refractivity contribution < 1.29 is 9.66 Å². The summed E-state index contributed by atoms with van der Waals surface area (Å²) in [6.07, 6.45) is 0.803. The summed E-state index contributed by atoms with van der Waals surface area (Å²) >= 11 is 0. The Bertz CT molecular complexity index is 441. The lowest BCUT2D eigenvalue weighted by Crippen LogP contribution is -2.12. The van der Waals surface area contributed by atoms with Crippen LogP contribution in [0.5, 0.6) is 5.88 Å². The Morgan fingerprint density at radius 3 is 2.63 bits per heavy atom. The molecule has 0 saturated carbocycles. The smallest absolute Gasteiger partial charge is 0.331 e. The molecule has 1 N–H and O–H groups in total. The second kappa shape index (κ2) is 6.36. The van der Waals surface area contributed by atoms with Gasteiger partial charge in [-0.25, -0.2) is 0 Å². The lowest BCUT2D eigenvalue weighted by Gasteiger charge is -2.17. The van der Waals surface area contributed by atoms with E-state index in [0.29, 0.717) is 19.0 Å². The van der Waals surface area contributed by atoms with E-state index in [4.69, 9.17) is 4.74 Å². The maximum absolute atomic E-state index is 10.9. The molecule has 0 radical (unpaired) electrons. The van der Waals surface area contributed by atoms with Crippen molar-refractivity contribution >= 4 is 11.5 Å². The van der Waals surface area contributed by atoms with E-state index in [1.165, 1.54) is 6.07 Å². The molecule has 0 unspecified atom stereocenters. The van der Waals surface area contributed by atoms with Crippen molar-refractivity contribution in [2.24, 2.45) is 5.41 Å². The summed E-state index contributed by atoms with van der Waals surface area (Å²) < 4.78 is 5.47. The van der Waals surface area contributed by atoms with Crippen LogP contribution in [0.4, 0.5) is 11.5 Å². The van der Waals surface area contributed by atoms with Gasteiger partial charge in [-0.15, -0.1) is 0 Å². The normalized spacial score (nSPS) is 11.2. The summed E-state index contributed by atoms with van der Waals surface area (Å²) in [5, 5.41) is 13.9. The standard InChI is InChI=1S/C13H21N3O3/c1-5-14-11-7-6-10(16(17)18)12(15-11)19-9-8-13(2,3)4/h6-7H,5,8-9H2,1-4H3,(H,14,15). The van der Waals surface area contributed by atoms with Crippen molar-refractivity contribution in [3.8, 4) is 5.88 Å². The van der Waals surface area contributed by atoms with E-state index in [1.807, 2.05) is 6.92 Å². The number of aromatic nitrogens is 1. The highest BCUT2D eigenvalue weighted by molar-refractivity contribution is 5.49. The number of pyridine rings is 1. The van der Waals surface area contributed by atoms with Gasteiger partial charge in [0, 0.05) is 12.6 Å².